The van der Waals surface area contributed by atoms with Gasteiger partial charge < -0.3 is 4.74 Å². The number of fused-ring (bicyclic) bond motifs is 3. The number of nitrogens with zero attached hydrogens (tertiary/aromatic N) is 1. The zero-order chi connectivity index (χ0) is 15.2. The molecule has 0 fully saturated rings. The Hall–Kier alpha value is -1.77. The van der Waals surface area contributed by atoms with Crippen LogP contribution in [0.25, 0.3) is 0 Å². The molecule has 0 bridgehead atoms. The normalized spacial score (nSPS) is 29.2. The second-order valence-corrected chi connectivity index (χ2v) is 7.17. The van der Waals surface area contributed by atoms with Crippen molar-refractivity contribution in [1.29, 1.82) is 0 Å². The van der Waals surface area contributed by atoms with Crippen molar-refractivity contribution in [2.75, 3.05) is 13.2 Å². The first-order valence-electron chi connectivity index (χ1n) is 8.45. The van der Waals surface area contributed by atoms with Gasteiger partial charge in [0.2, 0.25) is 5.84 Å². The summed E-state index contributed by atoms with van der Waals surface area (Å²) in [5.74, 6) is 3.52. The molecule has 3 nitrogen and oxygen atoms in total. The minimum atomic E-state index is 0.0534. The van der Waals surface area contributed by atoms with Gasteiger partial charge in [-0.05, 0) is 44.4 Å². The van der Waals surface area contributed by atoms with Crippen molar-refractivity contribution >= 4 is 5.84 Å². The monoisotopic (exact) mass is 297 g/mol. The van der Waals surface area contributed by atoms with Crippen LogP contribution in [0.15, 0.2) is 36.5 Å². The van der Waals surface area contributed by atoms with Crippen molar-refractivity contribution in [1.82, 2.24) is 5.32 Å². The highest BCUT2D eigenvalue weighted by atomic mass is 16.5. The summed E-state index contributed by atoms with van der Waals surface area (Å²) in [6.45, 7) is 6.59. The molecule has 0 amide bonds. The fourth-order valence-corrected chi connectivity index (χ4v) is 4.36. The molecule has 1 N–H and O–H groups in total. The lowest BCUT2D eigenvalue weighted by Gasteiger charge is -2.44. The molecule has 3 heterocycles. The summed E-state index contributed by atoms with van der Waals surface area (Å²) in [5.41, 5.74) is 1.44. The SMILES string of the molecule is CC1(C)C2COc3ccccc3C2CCNC2=[N+]1C=CCC2. The molecule has 0 aliphatic carbocycles. The molecule has 2 unspecified atom stereocenters. The molecule has 0 saturated heterocycles. The summed E-state index contributed by atoms with van der Waals surface area (Å²) >= 11 is 0. The van der Waals surface area contributed by atoms with Gasteiger partial charge >= 0.3 is 0 Å². The molecule has 3 aliphatic rings. The molecule has 1 aromatic carbocycles. The Kier molecular flexibility index (Phi) is 3.24. The molecule has 116 valence electrons. The van der Waals surface area contributed by atoms with Gasteiger partial charge in [-0.3, -0.25) is 5.32 Å². The number of nitrogens with one attached hydrogen (secondary N) is 1. The smallest absolute Gasteiger partial charge is 0.250 e. The number of para-hydroxylation sites is 1. The zero-order valence-electron chi connectivity index (χ0n) is 13.5. The highest BCUT2D eigenvalue weighted by Gasteiger charge is 2.47. The number of hydrogen-bond donors (Lipinski definition) is 1. The molecular weight excluding hydrogens is 272 g/mol. The van der Waals surface area contributed by atoms with Crippen LogP contribution in [-0.2, 0) is 0 Å². The molecule has 3 heteroatoms. The minimum Gasteiger partial charge on any atom is -0.493 e. The van der Waals surface area contributed by atoms with Crippen LogP contribution in [0.4, 0.5) is 0 Å². The summed E-state index contributed by atoms with van der Waals surface area (Å²) in [6, 6.07) is 8.58. The van der Waals surface area contributed by atoms with Gasteiger partial charge in [0.15, 0.2) is 0 Å². The van der Waals surface area contributed by atoms with Gasteiger partial charge in [0.25, 0.3) is 0 Å². The molecule has 0 aromatic heterocycles. The number of ether oxygens (including phenoxy) is 1. The van der Waals surface area contributed by atoms with Crippen LogP contribution in [0.2, 0.25) is 0 Å². The molecule has 0 radical (unpaired) electrons. The lowest BCUT2D eigenvalue weighted by atomic mass is 9.71. The molecule has 3 aliphatic heterocycles. The van der Waals surface area contributed by atoms with Crippen LogP contribution in [0, 0.1) is 5.92 Å². The maximum Gasteiger partial charge on any atom is 0.250 e. The third-order valence-corrected chi connectivity index (χ3v) is 5.63. The lowest BCUT2D eigenvalue weighted by molar-refractivity contribution is -0.558. The van der Waals surface area contributed by atoms with Gasteiger partial charge in [-0.1, -0.05) is 18.2 Å². The Bertz CT molecular complexity index is 645. The second kappa shape index (κ2) is 5.15. The quantitative estimate of drug-likeness (QED) is 0.743. The maximum atomic E-state index is 6.12. The Morgan fingerprint density at radius 2 is 2.14 bits per heavy atom. The predicted octanol–water partition coefficient (Wildman–Crippen LogP) is 3.27. The summed E-state index contributed by atoms with van der Waals surface area (Å²) in [5, 5.41) is 3.69. The minimum absolute atomic E-state index is 0.0534. The third kappa shape index (κ3) is 2.06. The fourth-order valence-electron chi connectivity index (χ4n) is 4.36. The number of rotatable bonds is 0. The van der Waals surface area contributed by atoms with Crippen molar-refractivity contribution in [2.24, 2.45) is 5.92 Å². The average Bonchev–Trinajstić information content (AvgIpc) is 2.54. The standard InChI is InChI=1S/C19H24N2O/c1-19(2)16-13-22-17-8-4-3-7-15(17)14(16)10-11-20-18-9-5-6-12-21(18)19/h3-4,6-8,12,14,16H,5,9-11,13H2,1-2H3/p+1. The van der Waals surface area contributed by atoms with E-state index in [0.29, 0.717) is 11.8 Å². The van der Waals surface area contributed by atoms with Gasteiger partial charge in [-0.25, -0.2) is 4.58 Å². The van der Waals surface area contributed by atoms with Gasteiger partial charge in [0, 0.05) is 11.8 Å². The van der Waals surface area contributed by atoms with Crippen LogP contribution in [0.5, 0.6) is 5.75 Å². The van der Waals surface area contributed by atoms with Crippen LogP contribution in [-0.4, -0.2) is 29.1 Å². The van der Waals surface area contributed by atoms with Crippen LogP contribution in [0.3, 0.4) is 0 Å². The first kappa shape index (κ1) is 13.9. The third-order valence-electron chi connectivity index (χ3n) is 5.63. The number of benzene rings is 1. The van der Waals surface area contributed by atoms with Crippen LogP contribution >= 0.6 is 0 Å². The van der Waals surface area contributed by atoms with E-state index in [-0.39, 0.29) is 5.54 Å². The van der Waals surface area contributed by atoms with Crippen molar-refractivity contribution in [3.63, 3.8) is 0 Å². The van der Waals surface area contributed by atoms with Crippen molar-refractivity contribution < 1.29 is 9.31 Å². The molecular formula is C19H25N2O+. The van der Waals surface area contributed by atoms with Crippen LogP contribution in [0.1, 0.15) is 44.6 Å². The van der Waals surface area contributed by atoms with E-state index >= 15 is 0 Å². The van der Waals surface area contributed by atoms with Crippen LogP contribution < -0.4 is 10.1 Å². The maximum absolute atomic E-state index is 6.12. The van der Waals surface area contributed by atoms with E-state index in [1.54, 1.807) is 0 Å². The molecule has 0 spiro atoms. The fraction of sp³-hybridized carbons (Fsp3) is 0.526. The van der Waals surface area contributed by atoms with E-state index in [4.69, 9.17) is 4.74 Å². The van der Waals surface area contributed by atoms with Crippen molar-refractivity contribution in [3.8, 4) is 5.75 Å². The Balaban J connectivity index is 1.79. The molecule has 22 heavy (non-hydrogen) atoms. The zero-order valence-corrected chi connectivity index (χ0v) is 13.5. The number of allylic oxidation sites excluding steroid dienone is 1. The summed E-state index contributed by atoms with van der Waals surface area (Å²) in [4.78, 5) is 0. The second-order valence-electron chi connectivity index (χ2n) is 7.17. The first-order valence-corrected chi connectivity index (χ1v) is 8.45. The van der Waals surface area contributed by atoms with Gasteiger partial charge in [0.05, 0.1) is 25.8 Å². The summed E-state index contributed by atoms with van der Waals surface area (Å²) in [7, 11) is 0. The highest BCUT2D eigenvalue weighted by Crippen LogP contribution is 2.45. The number of hydrogen-bond acceptors (Lipinski definition) is 2. The average molecular weight is 297 g/mol. The summed E-state index contributed by atoms with van der Waals surface area (Å²) in [6.07, 6.45) is 8.00. The van der Waals surface area contributed by atoms with E-state index in [1.807, 2.05) is 0 Å². The molecule has 2 atom stereocenters. The van der Waals surface area contributed by atoms with E-state index < -0.39 is 0 Å². The first-order chi connectivity index (χ1) is 10.7. The molecule has 4 rings (SSSR count). The van der Waals surface area contributed by atoms with Crippen molar-refractivity contribution in [3.05, 3.63) is 42.1 Å². The Morgan fingerprint density at radius 3 is 3.05 bits per heavy atom. The predicted molar refractivity (Wildman–Crippen MR) is 88.5 cm³/mol. The van der Waals surface area contributed by atoms with Gasteiger partial charge in [0.1, 0.15) is 11.3 Å². The van der Waals surface area contributed by atoms with E-state index in [2.05, 4.69) is 60.3 Å². The van der Waals surface area contributed by atoms with Gasteiger partial charge in [-0.2, -0.15) is 0 Å². The van der Waals surface area contributed by atoms with E-state index in [0.717, 1.165) is 31.7 Å². The van der Waals surface area contributed by atoms with E-state index in [9.17, 15) is 0 Å². The summed E-state index contributed by atoms with van der Waals surface area (Å²) < 4.78 is 8.59. The lowest BCUT2D eigenvalue weighted by Crippen LogP contribution is -2.54. The largest absolute Gasteiger partial charge is 0.493 e. The Morgan fingerprint density at radius 1 is 1.27 bits per heavy atom. The van der Waals surface area contributed by atoms with Gasteiger partial charge in [-0.15, -0.1) is 0 Å². The molecule has 1 aromatic rings. The van der Waals surface area contributed by atoms with Crippen molar-refractivity contribution in [2.45, 2.75) is 44.6 Å². The highest BCUT2D eigenvalue weighted by molar-refractivity contribution is 5.78. The topological polar surface area (TPSA) is 24.3 Å². The Labute approximate surface area is 132 Å². The molecule has 0 saturated carbocycles. The number of amidine groups is 1. The van der Waals surface area contributed by atoms with E-state index in [1.165, 1.54) is 17.8 Å².